The van der Waals surface area contributed by atoms with E-state index in [2.05, 4.69) is 4.98 Å². The summed E-state index contributed by atoms with van der Waals surface area (Å²) in [5.41, 5.74) is 2.33. The summed E-state index contributed by atoms with van der Waals surface area (Å²) in [7, 11) is 0. The van der Waals surface area contributed by atoms with Crippen LogP contribution >= 0.6 is 11.6 Å². The average Bonchev–Trinajstić information content (AvgIpc) is 2.90. The number of H-pyrrole nitrogens is 1. The van der Waals surface area contributed by atoms with Gasteiger partial charge >= 0.3 is 11.9 Å². The number of benzene rings is 1. The Bertz CT molecular complexity index is 854. The predicted octanol–water partition coefficient (Wildman–Crippen LogP) is 3.82. The van der Waals surface area contributed by atoms with Gasteiger partial charge in [0.05, 0.1) is 24.3 Å². The van der Waals surface area contributed by atoms with E-state index in [9.17, 15) is 14.4 Å². The Morgan fingerprint density at radius 1 is 1.15 bits per heavy atom. The Hall–Kier alpha value is -2.60. The van der Waals surface area contributed by atoms with Crippen molar-refractivity contribution in [2.75, 3.05) is 6.61 Å². The van der Waals surface area contributed by atoms with Gasteiger partial charge in [-0.05, 0) is 51.0 Å². The van der Waals surface area contributed by atoms with Crippen LogP contribution in [-0.4, -0.2) is 35.4 Å². The van der Waals surface area contributed by atoms with Crippen molar-refractivity contribution in [1.29, 1.82) is 0 Å². The minimum absolute atomic E-state index is 0.0333. The molecule has 0 aliphatic rings. The van der Waals surface area contributed by atoms with Crippen LogP contribution in [0, 0.1) is 13.8 Å². The zero-order chi connectivity index (χ0) is 20.1. The lowest BCUT2D eigenvalue weighted by Gasteiger charge is -2.12. The molecule has 7 heteroatoms. The fourth-order valence-electron chi connectivity index (χ4n) is 2.77. The number of carbonyl (C=O) groups excluding carboxylic acids is 3. The molecule has 0 fully saturated rings. The lowest BCUT2D eigenvalue weighted by molar-refractivity contribution is -0.145. The molecule has 1 N–H and O–H groups in total. The van der Waals surface area contributed by atoms with E-state index >= 15 is 0 Å². The Morgan fingerprint density at radius 2 is 1.78 bits per heavy atom. The summed E-state index contributed by atoms with van der Waals surface area (Å²) in [6, 6.07) is 6.81. The molecule has 1 atom stereocenters. The molecule has 1 heterocycles. The molecule has 0 aliphatic carbocycles. The number of esters is 2. The lowest BCUT2D eigenvalue weighted by atomic mass is 10.1. The molecule has 0 saturated heterocycles. The van der Waals surface area contributed by atoms with Gasteiger partial charge in [0.25, 0.3) is 0 Å². The van der Waals surface area contributed by atoms with Crippen LogP contribution in [0.1, 0.15) is 51.5 Å². The molecule has 2 aromatic rings. The number of aromatic nitrogens is 1. The average molecular weight is 392 g/mol. The smallest absolute Gasteiger partial charge is 0.340 e. The van der Waals surface area contributed by atoms with Crippen molar-refractivity contribution < 1.29 is 23.9 Å². The van der Waals surface area contributed by atoms with Gasteiger partial charge in [0.15, 0.2) is 6.10 Å². The zero-order valence-corrected chi connectivity index (χ0v) is 16.5. The van der Waals surface area contributed by atoms with E-state index in [4.69, 9.17) is 21.1 Å². The number of Topliss-reactive ketones (excluding diaryl/α,β-unsaturated/α-hetero) is 1. The molecule has 144 valence electrons. The van der Waals surface area contributed by atoms with Crippen molar-refractivity contribution in [3.63, 3.8) is 0 Å². The molecule has 0 unspecified atom stereocenters. The standard InChI is InChI=1S/C20H22ClNO5/c1-5-26-20(25)17-11(2)18(22-12(17)3)19(24)13(4)27-16(23)10-14-6-8-15(21)9-7-14/h6-9,13,22H,5,10H2,1-4H3/t13-/m0/s1. The largest absolute Gasteiger partial charge is 0.462 e. The van der Waals surface area contributed by atoms with Crippen molar-refractivity contribution in [2.24, 2.45) is 0 Å². The van der Waals surface area contributed by atoms with Crippen molar-refractivity contribution in [3.8, 4) is 0 Å². The summed E-state index contributed by atoms with van der Waals surface area (Å²) >= 11 is 5.82. The zero-order valence-electron chi connectivity index (χ0n) is 15.7. The van der Waals surface area contributed by atoms with E-state index in [-0.39, 0.29) is 18.7 Å². The fourth-order valence-corrected chi connectivity index (χ4v) is 2.90. The number of hydrogen-bond donors (Lipinski definition) is 1. The van der Waals surface area contributed by atoms with Gasteiger partial charge in [-0.15, -0.1) is 0 Å². The Labute approximate surface area is 162 Å². The van der Waals surface area contributed by atoms with Gasteiger partial charge in [-0.25, -0.2) is 4.79 Å². The minimum Gasteiger partial charge on any atom is -0.462 e. The van der Waals surface area contributed by atoms with Crippen LogP contribution in [0.25, 0.3) is 0 Å². The SMILES string of the molecule is CCOC(=O)c1c(C)[nH]c(C(=O)[C@H](C)OC(=O)Cc2ccc(Cl)cc2)c1C. The molecule has 6 nitrogen and oxygen atoms in total. The van der Waals surface area contributed by atoms with Crippen LogP contribution in [0.15, 0.2) is 24.3 Å². The molecule has 0 aliphatic heterocycles. The van der Waals surface area contributed by atoms with Crippen molar-refractivity contribution in [3.05, 3.63) is 57.4 Å². The van der Waals surface area contributed by atoms with Gasteiger partial charge in [-0.2, -0.15) is 0 Å². The second-order valence-electron chi connectivity index (χ2n) is 6.15. The quantitative estimate of drug-likeness (QED) is 0.572. The highest BCUT2D eigenvalue weighted by Gasteiger charge is 2.27. The summed E-state index contributed by atoms with van der Waals surface area (Å²) in [4.78, 5) is 39.7. The van der Waals surface area contributed by atoms with E-state index in [1.54, 1.807) is 45.0 Å². The highest BCUT2D eigenvalue weighted by molar-refractivity contribution is 6.30. The number of carbonyl (C=O) groups is 3. The minimum atomic E-state index is -0.989. The molecule has 0 saturated carbocycles. The second kappa shape index (κ2) is 8.86. The third kappa shape index (κ3) is 4.98. The molecule has 1 aromatic heterocycles. The molecule has 27 heavy (non-hydrogen) atoms. The number of hydrogen-bond acceptors (Lipinski definition) is 5. The second-order valence-corrected chi connectivity index (χ2v) is 6.58. The van der Waals surface area contributed by atoms with Crippen LogP contribution in [0.5, 0.6) is 0 Å². The first-order chi connectivity index (χ1) is 12.7. The maximum Gasteiger partial charge on any atom is 0.340 e. The van der Waals surface area contributed by atoms with Crippen molar-refractivity contribution in [2.45, 2.75) is 40.2 Å². The Balaban J connectivity index is 2.08. The predicted molar refractivity (Wildman–Crippen MR) is 101 cm³/mol. The van der Waals surface area contributed by atoms with Crippen LogP contribution < -0.4 is 0 Å². The van der Waals surface area contributed by atoms with E-state index in [1.807, 2.05) is 0 Å². The lowest BCUT2D eigenvalue weighted by Crippen LogP contribution is -2.26. The van der Waals surface area contributed by atoms with E-state index in [1.165, 1.54) is 6.92 Å². The van der Waals surface area contributed by atoms with Crippen molar-refractivity contribution in [1.82, 2.24) is 4.98 Å². The van der Waals surface area contributed by atoms with Crippen LogP contribution in [0.3, 0.4) is 0 Å². The van der Waals surface area contributed by atoms with E-state index < -0.39 is 23.8 Å². The summed E-state index contributed by atoms with van der Waals surface area (Å²) in [5, 5.41) is 0.575. The molecule has 1 aromatic carbocycles. The highest BCUT2D eigenvalue weighted by Crippen LogP contribution is 2.21. The van der Waals surface area contributed by atoms with Gasteiger partial charge in [0, 0.05) is 10.7 Å². The van der Waals surface area contributed by atoms with Gasteiger partial charge in [-0.3, -0.25) is 9.59 Å². The normalized spacial score (nSPS) is 11.7. The van der Waals surface area contributed by atoms with Crippen LogP contribution in [0.2, 0.25) is 5.02 Å². The molecule has 0 amide bonds. The molecule has 0 radical (unpaired) electrons. The molecule has 0 spiro atoms. The van der Waals surface area contributed by atoms with E-state index in [0.29, 0.717) is 21.8 Å². The van der Waals surface area contributed by atoms with Crippen molar-refractivity contribution >= 4 is 29.3 Å². The number of rotatable bonds is 7. The number of aryl methyl sites for hydroxylation is 1. The molecular formula is C20H22ClNO5. The summed E-state index contributed by atoms with van der Waals surface area (Å²) in [6.07, 6.45) is -0.956. The number of ether oxygens (including phenoxy) is 2. The van der Waals surface area contributed by atoms with Crippen LogP contribution in [0.4, 0.5) is 0 Å². The molecular weight excluding hydrogens is 370 g/mol. The number of aromatic amines is 1. The summed E-state index contributed by atoms with van der Waals surface area (Å²) in [5.74, 6) is -1.42. The maximum atomic E-state index is 12.7. The third-order valence-electron chi connectivity index (χ3n) is 4.10. The first-order valence-electron chi connectivity index (χ1n) is 8.59. The summed E-state index contributed by atoms with van der Waals surface area (Å²) in [6.45, 7) is 6.80. The molecule has 0 bridgehead atoms. The topological polar surface area (TPSA) is 85.5 Å². The van der Waals surface area contributed by atoms with Crippen LogP contribution in [-0.2, 0) is 20.7 Å². The van der Waals surface area contributed by atoms with E-state index in [0.717, 1.165) is 5.56 Å². The first kappa shape index (κ1) is 20.7. The number of ketones is 1. The molecule has 2 rings (SSSR count). The fraction of sp³-hybridized carbons (Fsp3) is 0.350. The first-order valence-corrected chi connectivity index (χ1v) is 8.96. The maximum absolute atomic E-state index is 12.7. The highest BCUT2D eigenvalue weighted by atomic mass is 35.5. The Morgan fingerprint density at radius 3 is 2.37 bits per heavy atom. The van der Waals surface area contributed by atoms with Gasteiger partial charge in [0.1, 0.15) is 0 Å². The van der Waals surface area contributed by atoms with Gasteiger partial charge in [-0.1, -0.05) is 23.7 Å². The Kier molecular flexibility index (Phi) is 6.80. The third-order valence-corrected chi connectivity index (χ3v) is 4.35. The number of nitrogens with one attached hydrogen (secondary N) is 1. The summed E-state index contributed by atoms with van der Waals surface area (Å²) < 4.78 is 10.3. The van der Waals surface area contributed by atoms with Gasteiger partial charge < -0.3 is 14.5 Å². The number of halogens is 1. The monoisotopic (exact) mass is 391 g/mol. The van der Waals surface area contributed by atoms with Gasteiger partial charge in [0.2, 0.25) is 5.78 Å².